The highest BCUT2D eigenvalue weighted by molar-refractivity contribution is 6.37. The number of fused-ring (bicyclic) bond motifs is 13. The van der Waals surface area contributed by atoms with Crippen molar-refractivity contribution >= 4 is 87.3 Å². The number of para-hydroxylation sites is 3. The first-order chi connectivity index (χ1) is 23.8. The molecule has 5 nitrogen and oxygen atoms in total. The van der Waals surface area contributed by atoms with Gasteiger partial charge in [0, 0.05) is 43.1 Å². The van der Waals surface area contributed by atoms with Gasteiger partial charge in [0.15, 0.2) is 5.69 Å². The lowest BCUT2D eigenvalue weighted by atomic mass is 10.0. The van der Waals surface area contributed by atoms with Crippen LogP contribution in [0.3, 0.4) is 0 Å². The lowest BCUT2D eigenvalue weighted by molar-refractivity contribution is 1.02. The second-order valence-corrected chi connectivity index (χ2v) is 12.5. The van der Waals surface area contributed by atoms with Crippen LogP contribution >= 0.6 is 0 Å². The van der Waals surface area contributed by atoms with Gasteiger partial charge >= 0.3 is 0 Å². The zero-order valence-electron chi connectivity index (χ0n) is 25.5. The molecule has 0 saturated carbocycles. The fourth-order valence-electron chi connectivity index (χ4n) is 8.06. The summed E-state index contributed by atoms with van der Waals surface area (Å²) >= 11 is 0. The standard InChI is InChI=1S/C43H23N5/c1-44-27-21-18-26(19-22-27)40-30-13-4-7-15-34(30)45-43(46-40)48-37-24-33-29-12-5-8-16-35(29)47-36-17-9-6-14-31(36)39(42(33)47)38(37)32-23-20-25-10-2-3-11-28(25)41(32)48/h2-24H. The topological polar surface area (TPSA) is 39.5 Å². The third-order valence-corrected chi connectivity index (χ3v) is 10.0. The highest BCUT2D eigenvalue weighted by Crippen LogP contribution is 2.47. The maximum Gasteiger partial charge on any atom is 0.235 e. The van der Waals surface area contributed by atoms with Gasteiger partial charge in [-0.2, -0.15) is 0 Å². The van der Waals surface area contributed by atoms with Gasteiger partial charge < -0.3 is 4.40 Å². The van der Waals surface area contributed by atoms with Crippen molar-refractivity contribution in [3.8, 4) is 17.2 Å². The molecule has 0 unspecified atom stereocenters. The van der Waals surface area contributed by atoms with Gasteiger partial charge in [-0.3, -0.25) is 4.57 Å². The van der Waals surface area contributed by atoms with Crippen LogP contribution in [0.4, 0.5) is 5.69 Å². The lowest BCUT2D eigenvalue weighted by Gasteiger charge is -2.13. The highest BCUT2D eigenvalue weighted by Gasteiger charge is 2.26. The van der Waals surface area contributed by atoms with Gasteiger partial charge in [0.1, 0.15) is 0 Å². The van der Waals surface area contributed by atoms with Crippen LogP contribution in [0, 0.1) is 6.57 Å². The van der Waals surface area contributed by atoms with Crippen LogP contribution < -0.4 is 0 Å². The normalized spacial score (nSPS) is 12.1. The van der Waals surface area contributed by atoms with E-state index in [-0.39, 0.29) is 0 Å². The maximum atomic E-state index is 7.47. The first-order valence-corrected chi connectivity index (χ1v) is 16.1. The molecule has 0 amide bonds. The zero-order valence-corrected chi connectivity index (χ0v) is 25.5. The van der Waals surface area contributed by atoms with Crippen molar-refractivity contribution in [3.05, 3.63) is 151 Å². The van der Waals surface area contributed by atoms with Crippen molar-refractivity contribution in [1.82, 2.24) is 18.9 Å². The van der Waals surface area contributed by atoms with Crippen LogP contribution in [-0.2, 0) is 0 Å². The number of aromatic nitrogens is 4. The summed E-state index contributed by atoms with van der Waals surface area (Å²) in [4.78, 5) is 14.3. The highest BCUT2D eigenvalue weighted by atomic mass is 15.2. The van der Waals surface area contributed by atoms with Gasteiger partial charge in [-0.1, -0.05) is 115 Å². The average Bonchev–Trinajstić information content (AvgIpc) is 3.79. The van der Waals surface area contributed by atoms with Crippen molar-refractivity contribution in [2.75, 3.05) is 0 Å². The summed E-state index contributed by atoms with van der Waals surface area (Å²) in [6, 6.07) is 48.8. The lowest BCUT2D eigenvalue weighted by Crippen LogP contribution is -2.03. The van der Waals surface area contributed by atoms with Gasteiger partial charge in [-0.25, -0.2) is 14.8 Å². The molecule has 0 spiro atoms. The molecule has 5 heteroatoms. The predicted octanol–water partition coefficient (Wildman–Crippen LogP) is 11.2. The van der Waals surface area contributed by atoms with Gasteiger partial charge in [0.05, 0.1) is 45.4 Å². The van der Waals surface area contributed by atoms with Crippen molar-refractivity contribution in [3.63, 3.8) is 0 Å². The molecule has 48 heavy (non-hydrogen) atoms. The summed E-state index contributed by atoms with van der Waals surface area (Å²) in [5.41, 5.74) is 9.10. The van der Waals surface area contributed by atoms with E-state index < -0.39 is 0 Å². The minimum Gasteiger partial charge on any atom is -0.308 e. The van der Waals surface area contributed by atoms with Crippen LogP contribution in [0.1, 0.15) is 0 Å². The van der Waals surface area contributed by atoms with Crippen LogP contribution in [0.25, 0.3) is 104 Å². The summed E-state index contributed by atoms with van der Waals surface area (Å²) in [5.74, 6) is 0.621. The van der Waals surface area contributed by atoms with E-state index in [1.807, 2.05) is 36.4 Å². The molecule has 11 rings (SSSR count). The Bertz CT molecular complexity index is 3170. The van der Waals surface area contributed by atoms with E-state index >= 15 is 0 Å². The summed E-state index contributed by atoms with van der Waals surface area (Å²) in [6.07, 6.45) is 0. The molecule has 4 aromatic heterocycles. The number of hydrogen-bond acceptors (Lipinski definition) is 2. The Hall–Kier alpha value is -6.77. The minimum atomic E-state index is 0.604. The molecule has 0 atom stereocenters. The molecule has 0 bridgehead atoms. The maximum absolute atomic E-state index is 7.47. The monoisotopic (exact) mass is 609 g/mol. The molecule has 4 heterocycles. The van der Waals surface area contributed by atoms with E-state index in [1.165, 1.54) is 54.3 Å². The van der Waals surface area contributed by atoms with Crippen molar-refractivity contribution in [1.29, 1.82) is 0 Å². The summed E-state index contributed by atoms with van der Waals surface area (Å²) in [6.45, 7) is 7.47. The second-order valence-electron chi connectivity index (χ2n) is 12.5. The number of rotatable bonds is 2. The van der Waals surface area contributed by atoms with Crippen LogP contribution in [0.5, 0.6) is 0 Å². The number of benzene rings is 7. The van der Waals surface area contributed by atoms with E-state index in [2.05, 4.69) is 117 Å². The summed E-state index contributed by atoms with van der Waals surface area (Å²) in [5, 5.41) is 10.6. The quantitative estimate of drug-likeness (QED) is 0.183. The first kappa shape index (κ1) is 25.4. The fourth-order valence-corrected chi connectivity index (χ4v) is 8.06. The Morgan fingerprint density at radius 2 is 1.19 bits per heavy atom. The second kappa shape index (κ2) is 9.16. The Morgan fingerprint density at radius 1 is 0.500 bits per heavy atom. The van der Waals surface area contributed by atoms with Crippen molar-refractivity contribution < 1.29 is 0 Å². The van der Waals surface area contributed by atoms with E-state index in [9.17, 15) is 0 Å². The van der Waals surface area contributed by atoms with Gasteiger partial charge in [0.2, 0.25) is 5.95 Å². The smallest absolute Gasteiger partial charge is 0.235 e. The fraction of sp³-hybridized carbons (Fsp3) is 0. The molecule has 0 fully saturated rings. The predicted molar refractivity (Wildman–Crippen MR) is 198 cm³/mol. The molecule has 220 valence electrons. The first-order valence-electron chi connectivity index (χ1n) is 16.1. The molecule has 0 saturated heterocycles. The SMILES string of the molecule is [C-]#[N+]c1ccc(-c2nc(-n3c4cc5c6ccccc6n6c7ccccc7c(c4c4ccc7ccccc7c43)c56)nc3ccccc23)cc1. The van der Waals surface area contributed by atoms with E-state index in [0.29, 0.717) is 11.6 Å². The average molecular weight is 610 g/mol. The van der Waals surface area contributed by atoms with Crippen LogP contribution in [-0.4, -0.2) is 18.9 Å². The van der Waals surface area contributed by atoms with Crippen molar-refractivity contribution in [2.45, 2.75) is 0 Å². The third kappa shape index (κ3) is 3.18. The largest absolute Gasteiger partial charge is 0.308 e. The van der Waals surface area contributed by atoms with Crippen LogP contribution in [0.2, 0.25) is 0 Å². The molecule has 0 radical (unpaired) electrons. The number of hydrogen-bond donors (Lipinski definition) is 0. The molecular weight excluding hydrogens is 587 g/mol. The Kier molecular flexibility index (Phi) is 4.85. The third-order valence-electron chi connectivity index (χ3n) is 10.0. The Labute approximate surface area is 273 Å². The molecule has 0 aliphatic heterocycles. The minimum absolute atomic E-state index is 0.604. The van der Waals surface area contributed by atoms with Gasteiger partial charge in [-0.15, -0.1) is 0 Å². The summed E-state index contributed by atoms with van der Waals surface area (Å²) in [7, 11) is 0. The molecule has 0 aliphatic rings. The molecule has 0 aliphatic carbocycles. The zero-order chi connectivity index (χ0) is 31.5. The van der Waals surface area contributed by atoms with E-state index in [1.54, 1.807) is 0 Å². The number of nitrogens with zero attached hydrogens (tertiary/aromatic N) is 5. The van der Waals surface area contributed by atoms with E-state index in [4.69, 9.17) is 16.5 Å². The Balaban J connectivity index is 1.39. The summed E-state index contributed by atoms with van der Waals surface area (Å²) < 4.78 is 4.73. The van der Waals surface area contributed by atoms with Crippen LogP contribution in [0.15, 0.2) is 140 Å². The van der Waals surface area contributed by atoms with Gasteiger partial charge in [0.25, 0.3) is 0 Å². The van der Waals surface area contributed by atoms with E-state index in [0.717, 1.165) is 38.6 Å². The Morgan fingerprint density at radius 3 is 2.00 bits per heavy atom. The molecular formula is C43H23N5. The molecule has 7 aromatic carbocycles. The molecule has 11 aromatic rings. The van der Waals surface area contributed by atoms with Gasteiger partial charge in [-0.05, 0) is 35.2 Å². The molecule has 0 N–H and O–H groups in total. The van der Waals surface area contributed by atoms with Crippen molar-refractivity contribution in [2.24, 2.45) is 0 Å².